The van der Waals surface area contributed by atoms with Gasteiger partial charge < -0.3 is 15.2 Å². The highest BCUT2D eigenvalue weighted by molar-refractivity contribution is 5.97. The highest BCUT2D eigenvalue weighted by Crippen LogP contribution is 2.49. The molecule has 5 heteroatoms. The molecule has 1 amide bonds. The molecule has 2 aromatic rings. The molecule has 1 heterocycles. The van der Waals surface area contributed by atoms with Gasteiger partial charge in [0.05, 0.1) is 11.1 Å². The number of carbonyl (C=O) groups excluding carboxylic acids is 1. The number of pyridine rings is 1. The van der Waals surface area contributed by atoms with Crippen LogP contribution in [0.2, 0.25) is 0 Å². The van der Waals surface area contributed by atoms with Crippen molar-refractivity contribution in [2.75, 3.05) is 19.0 Å². The maximum Gasteiger partial charge on any atom is 0.230 e. The number of aliphatic hydroxyl groups is 1. The second kappa shape index (κ2) is 7.33. The van der Waals surface area contributed by atoms with Gasteiger partial charge in [-0.25, -0.2) is 0 Å². The zero-order chi connectivity index (χ0) is 17.9. The van der Waals surface area contributed by atoms with E-state index in [9.17, 15) is 9.90 Å². The lowest BCUT2D eigenvalue weighted by Crippen LogP contribution is -2.26. The Labute approximate surface area is 148 Å². The summed E-state index contributed by atoms with van der Waals surface area (Å²) in [7, 11) is 1.65. The first-order valence-electron chi connectivity index (χ1n) is 8.56. The molecule has 0 aliphatic heterocycles. The van der Waals surface area contributed by atoms with E-state index in [4.69, 9.17) is 4.74 Å². The van der Waals surface area contributed by atoms with E-state index < -0.39 is 6.10 Å². The SMILES string of the molecule is COCCC1(C(=O)Nc2cc([C@H](O)c3ccccn3)ccc2C)CC1. The molecule has 2 N–H and O–H groups in total. The van der Waals surface area contributed by atoms with Crippen molar-refractivity contribution in [2.24, 2.45) is 5.41 Å². The summed E-state index contributed by atoms with van der Waals surface area (Å²) in [6.45, 7) is 2.53. The van der Waals surface area contributed by atoms with Crippen molar-refractivity contribution >= 4 is 11.6 Å². The van der Waals surface area contributed by atoms with Gasteiger partial charge in [0, 0.05) is 25.6 Å². The van der Waals surface area contributed by atoms with E-state index in [1.54, 1.807) is 19.4 Å². The lowest BCUT2D eigenvalue weighted by molar-refractivity contribution is -0.121. The molecule has 1 saturated carbocycles. The normalized spacial score (nSPS) is 16.3. The van der Waals surface area contributed by atoms with E-state index in [-0.39, 0.29) is 11.3 Å². The molecule has 1 fully saturated rings. The number of hydrogen-bond acceptors (Lipinski definition) is 4. The van der Waals surface area contributed by atoms with Gasteiger partial charge in [0.2, 0.25) is 5.91 Å². The summed E-state index contributed by atoms with van der Waals surface area (Å²) in [4.78, 5) is 16.9. The fourth-order valence-electron chi connectivity index (χ4n) is 2.95. The van der Waals surface area contributed by atoms with Gasteiger partial charge in [-0.15, -0.1) is 0 Å². The summed E-state index contributed by atoms with van der Waals surface area (Å²) in [6, 6.07) is 11.0. The zero-order valence-electron chi connectivity index (χ0n) is 14.7. The average Bonchev–Trinajstić information content (AvgIpc) is 3.43. The summed E-state index contributed by atoms with van der Waals surface area (Å²) in [5.74, 6) is 0.0390. The Morgan fingerprint density at radius 1 is 1.36 bits per heavy atom. The Morgan fingerprint density at radius 2 is 2.16 bits per heavy atom. The molecule has 1 aromatic carbocycles. The quantitative estimate of drug-likeness (QED) is 0.812. The van der Waals surface area contributed by atoms with Crippen LogP contribution in [-0.2, 0) is 9.53 Å². The van der Waals surface area contributed by atoms with Crippen LogP contribution in [0.3, 0.4) is 0 Å². The van der Waals surface area contributed by atoms with Gasteiger partial charge in [-0.05, 0) is 55.5 Å². The molecule has 132 valence electrons. The highest BCUT2D eigenvalue weighted by Gasteiger charge is 2.49. The van der Waals surface area contributed by atoms with Crippen LogP contribution in [0.1, 0.15) is 42.2 Å². The molecule has 1 aromatic heterocycles. The zero-order valence-corrected chi connectivity index (χ0v) is 14.7. The van der Waals surface area contributed by atoms with Gasteiger partial charge in [0.1, 0.15) is 6.10 Å². The average molecular weight is 340 g/mol. The minimum Gasteiger partial charge on any atom is -0.385 e. The summed E-state index contributed by atoms with van der Waals surface area (Å²) in [6.07, 6.45) is 3.38. The molecule has 0 unspecified atom stereocenters. The minimum absolute atomic E-state index is 0.0390. The van der Waals surface area contributed by atoms with Crippen molar-refractivity contribution < 1.29 is 14.6 Å². The topological polar surface area (TPSA) is 71.5 Å². The van der Waals surface area contributed by atoms with Crippen molar-refractivity contribution in [1.82, 2.24) is 4.98 Å². The molecular formula is C20H24N2O3. The Balaban J connectivity index is 1.77. The number of nitrogens with one attached hydrogen (secondary N) is 1. The molecule has 0 saturated heterocycles. The summed E-state index contributed by atoms with van der Waals surface area (Å²) in [5, 5.41) is 13.6. The van der Waals surface area contributed by atoms with Crippen LogP contribution >= 0.6 is 0 Å². The standard InChI is InChI=1S/C20H24N2O3/c1-14-6-7-15(18(23)16-5-3-4-11-21-16)13-17(14)22-19(24)20(8-9-20)10-12-25-2/h3-7,11,13,18,23H,8-10,12H2,1-2H3,(H,22,24)/t18-/m0/s1. The number of ether oxygens (including phenoxy) is 1. The molecule has 1 aliphatic carbocycles. The third-order valence-electron chi connectivity index (χ3n) is 4.91. The predicted octanol–water partition coefficient (Wildman–Crippen LogP) is 3.23. The van der Waals surface area contributed by atoms with Crippen molar-refractivity contribution in [3.63, 3.8) is 0 Å². The number of amides is 1. The van der Waals surface area contributed by atoms with Gasteiger partial charge in [0.25, 0.3) is 0 Å². The molecule has 0 bridgehead atoms. The monoisotopic (exact) mass is 340 g/mol. The number of aryl methyl sites for hydroxylation is 1. The Kier molecular flexibility index (Phi) is 5.16. The van der Waals surface area contributed by atoms with Crippen molar-refractivity contribution in [2.45, 2.75) is 32.3 Å². The van der Waals surface area contributed by atoms with E-state index in [2.05, 4.69) is 10.3 Å². The van der Waals surface area contributed by atoms with Gasteiger partial charge in [0.15, 0.2) is 0 Å². The molecule has 25 heavy (non-hydrogen) atoms. The molecule has 5 nitrogen and oxygen atoms in total. The smallest absolute Gasteiger partial charge is 0.230 e. The second-order valence-corrected chi connectivity index (χ2v) is 6.71. The second-order valence-electron chi connectivity index (χ2n) is 6.71. The van der Waals surface area contributed by atoms with Gasteiger partial charge in [-0.3, -0.25) is 9.78 Å². The minimum atomic E-state index is -0.819. The van der Waals surface area contributed by atoms with Crippen LogP contribution in [0, 0.1) is 12.3 Å². The van der Waals surface area contributed by atoms with E-state index in [0.717, 1.165) is 30.5 Å². The van der Waals surface area contributed by atoms with Crippen LogP contribution in [0.5, 0.6) is 0 Å². The van der Waals surface area contributed by atoms with E-state index in [1.807, 2.05) is 37.3 Å². The van der Waals surface area contributed by atoms with E-state index in [1.165, 1.54) is 0 Å². The fourth-order valence-corrected chi connectivity index (χ4v) is 2.95. The fraction of sp³-hybridized carbons (Fsp3) is 0.400. The van der Waals surface area contributed by atoms with Gasteiger partial charge >= 0.3 is 0 Å². The first-order chi connectivity index (χ1) is 12.1. The molecule has 0 radical (unpaired) electrons. The largest absolute Gasteiger partial charge is 0.385 e. The number of benzene rings is 1. The Bertz CT molecular complexity index is 742. The van der Waals surface area contributed by atoms with E-state index >= 15 is 0 Å². The maximum absolute atomic E-state index is 12.7. The van der Waals surface area contributed by atoms with Crippen LogP contribution in [0.25, 0.3) is 0 Å². The maximum atomic E-state index is 12.7. The molecule has 1 atom stereocenters. The number of rotatable bonds is 7. The predicted molar refractivity (Wildman–Crippen MR) is 96.3 cm³/mol. The Morgan fingerprint density at radius 3 is 2.80 bits per heavy atom. The van der Waals surface area contributed by atoms with Crippen molar-refractivity contribution in [1.29, 1.82) is 0 Å². The number of anilines is 1. The van der Waals surface area contributed by atoms with Crippen molar-refractivity contribution in [3.8, 4) is 0 Å². The molecular weight excluding hydrogens is 316 g/mol. The number of carbonyl (C=O) groups is 1. The summed E-state index contributed by atoms with van der Waals surface area (Å²) in [5.41, 5.74) is 2.70. The van der Waals surface area contributed by atoms with E-state index in [0.29, 0.717) is 17.9 Å². The summed E-state index contributed by atoms with van der Waals surface area (Å²) >= 11 is 0. The first-order valence-corrected chi connectivity index (χ1v) is 8.56. The van der Waals surface area contributed by atoms with Crippen LogP contribution in [0.4, 0.5) is 5.69 Å². The van der Waals surface area contributed by atoms with Gasteiger partial charge in [-0.1, -0.05) is 18.2 Å². The van der Waals surface area contributed by atoms with Crippen molar-refractivity contribution in [3.05, 3.63) is 59.4 Å². The summed E-state index contributed by atoms with van der Waals surface area (Å²) < 4.78 is 5.12. The molecule has 0 spiro atoms. The lowest BCUT2D eigenvalue weighted by atomic mass is 10.00. The number of aromatic nitrogens is 1. The third kappa shape index (κ3) is 3.89. The molecule has 3 rings (SSSR count). The number of hydrogen-bond donors (Lipinski definition) is 2. The highest BCUT2D eigenvalue weighted by atomic mass is 16.5. The third-order valence-corrected chi connectivity index (χ3v) is 4.91. The van der Waals surface area contributed by atoms with Crippen LogP contribution in [0.15, 0.2) is 42.6 Å². The first kappa shape index (κ1) is 17.6. The number of nitrogens with zero attached hydrogens (tertiary/aromatic N) is 1. The lowest BCUT2D eigenvalue weighted by Gasteiger charge is -2.18. The van der Waals surface area contributed by atoms with Crippen LogP contribution in [-0.4, -0.2) is 29.7 Å². The van der Waals surface area contributed by atoms with Crippen LogP contribution < -0.4 is 5.32 Å². The molecule has 1 aliphatic rings. The number of aliphatic hydroxyl groups excluding tert-OH is 1. The number of methoxy groups -OCH3 is 1. The Hall–Kier alpha value is -2.24. The van der Waals surface area contributed by atoms with Gasteiger partial charge in [-0.2, -0.15) is 0 Å².